The van der Waals surface area contributed by atoms with Gasteiger partial charge in [0.1, 0.15) is 0 Å². The van der Waals surface area contributed by atoms with Crippen molar-refractivity contribution in [1.82, 2.24) is 10.6 Å². The van der Waals surface area contributed by atoms with Crippen LogP contribution in [0, 0.1) is 0 Å². The maximum absolute atomic E-state index is 4.56. The summed E-state index contributed by atoms with van der Waals surface area (Å²) in [4.78, 5) is 0. The number of hydrogen-bond donors (Lipinski definition) is 2. The Labute approximate surface area is 131 Å². The van der Waals surface area contributed by atoms with Crippen LogP contribution in [0.25, 0.3) is 0 Å². The van der Waals surface area contributed by atoms with Gasteiger partial charge in [0.2, 0.25) is 0 Å². The van der Waals surface area contributed by atoms with Crippen molar-refractivity contribution in [2.45, 2.75) is 26.7 Å². The van der Waals surface area contributed by atoms with Gasteiger partial charge in [-0.3, -0.25) is 0 Å². The molecule has 0 aliphatic rings. The Hall–Kier alpha value is 0.986. The van der Waals surface area contributed by atoms with Crippen molar-refractivity contribution in [2.24, 2.45) is 0 Å². The fourth-order valence-electron chi connectivity index (χ4n) is 0.454. The molecule has 15 heavy (non-hydrogen) atoms. The van der Waals surface area contributed by atoms with E-state index < -0.39 is 0 Å². The van der Waals surface area contributed by atoms with Crippen LogP contribution in [0.1, 0.15) is 26.7 Å². The van der Waals surface area contributed by atoms with Gasteiger partial charge in [0.15, 0.2) is 0 Å². The second-order valence-corrected chi connectivity index (χ2v) is 4.58. The molecule has 0 aromatic rings. The van der Waals surface area contributed by atoms with E-state index in [-0.39, 0.29) is 23.1 Å². The molecular weight excluding hydrogens is 277 g/mol. The van der Waals surface area contributed by atoms with E-state index >= 15 is 0 Å². The van der Waals surface area contributed by atoms with Crippen LogP contribution < -0.4 is 10.6 Å². The Balaban J connectivity index is -0.000000180. The summed E-state index contributed by atoms with van der Waals surface area (Å²) in [7, 11) is 0. The Morgan fingerprint density at radius 2 is 1.20 bits per heavy atom. The van der Waals surface area contributed by atoms with Crippen LogP contribution in [0.3, 0.4) is 0 Å². The minimum absolute atomic E-state index is 0. The summed E-state index contributed by atoms with van der Waals surface area (Å²) in [5.41, 5.74) is 0. The Morgan fingerprint density at radius 3 is 1.27 bits per heavy atom. The zero-order valence-electron chi connectivity index (χ0n) is 9.17. The number of thiocarbonyl (C=S) groups is 2. The van der Waals surface area contributed by atoms with E-state index in [9.17, 15) is 0 Å². The fraction of sp³-hybridized carbons (Fsp3) is 0.750. The average Bonchev–Trinajstić information content (AvgIpc) is 2.12. The normalized spacial score (nSPS) is 7.60. The standard InChI is InChI=1S/2C4H9NS2.Mg/c2*1-2-3-5-4(6)7;/h2*2-3H2,1H3,(H2,5,6,7);/q;;+2/p-2. The first-order chi connectivity index (χ1) is 6.54. The van der Waals surface area contributed by atoms with Gasteiger partial charge in [-0.2, -0.15) is 0 Å². The zero-order valence-corrected chi connectivity index (χ0v) is 13.8. The minimum Gasteiger partial charge on any atom is -0.412 e. The van der Waals surface area contributed by atoms with Crippen LogP contribution in [0.5, 0.6) is 0 Å². The number of hydrogen-bond acceptors (Lipinski definition) is 4. The van der Waals surface area contributed by atoms with E-state index in [1.54, 1.807) is 0 Å². The van der Waals surface area contributed by atoms with Gasteiger partial charge in [0, 0.05) is 13.1 Å². The van der Waals surface area contributed by atoms with E-state index in [1.807, 2.05) is 0 Å². The van der Waals surface area contributed by atoms with Crippen LogP contribution in [0.15, 0.2) is 0 Å². The van der Waals surface area contributed by atoms with Crippen LogP contribution in [0.2, 0.25) is 0 Å². The third kappa shape index (κ3) is 31.3. The van der Waals surface area contributed by atoms with Crippen molar-refractivity contribution in [3.63, 3.8) is 0 Å². The molecule has 0 rings (SSSR count). The second-order valence-electron chi connectivity index (χ2n) is 2.43. The molecule has 0 aliphatic carbocycles. The summed E-state index contributed by atoms with van der Waals surface area (Å²) >= 11 is 18.3. The van der Waals surface area contributed by atoms with Crippen LogP contribution in [0.4, 0.5) is 0 Å². The van der Waals surface area contributed by atoms with Crippen molar-refractivity contribution < 1.29 is 0 Å². The fourth-order valence-corrected chi connectivity index (χ4v) is 0.862. The molecule has 2 nitrogen and oxygen atoms in total. The molecule has 0 heterocycles. The minimum atomic E-state index is 0. The molecule has 0 aromatic carbocycles. The molecule has 0 spiro atoms. The predicted molar refractivity (Wildman–Crippen MR) is 82.3 cm³/mol. The Bertz CT molecular complexity index is 149. The maximum atomic E-state index is 4.56. The number of rotatable bonds is 4. The molecule has 0 saturated heterocycles. The first-order valence-electron chi connectivity index (χ1n) is 4.44. The van der Waals surface area contributed by atoms with Gasteiger partial charge in [-0.1, -0.05) is 22.5 Å². The first kappa shape index (κ1) is 21.3. The van der Waals surface area contributed by atoms with Gasteiger partial charge in [-0.05, 0) is 12.8 Å². The third-order valence-corrected chi connectivity index (χ3v) is 1.62. The molecule has 0 saturated carbocycles. The second kappa shape index (κ2) is 17.4. The molecule has 0 amide bonds. The quantitative estimate of drug-likeness (QED) is 0.460. The largest absolute Gasteiger partial charge is 2.00 e. The molecule has 0 atom stereocenters. The molecule has 0 fully saturated rings. The van der Waals surface area contributed by atoms with Gasteiger partial charge in [-0.25, -0.2) is 0 Å². The molecular formula is C8H16MgN2S4. The smallest absolute Gasteiger partial charge is 0.412 e. The summed E-state index contributed by atoms with van der Waals surface area (Å²) in [6.45, 7) is 5.95. The van der Waals surface area contributed by atoms with Crippen molar-refractivity contribution in [3.8, 4) is 0 Å². The Kier molecular flexibility index (Phi) is 24.7. The van der Waals surface area contributed by atoms with Crippen molar-refractivity contribution >= 4 is 81.4 Å². The van der Waals surface area contributed by atoms with Gasteiger partial charge in [0.05, 0.1) is 0 Å². The first-order valence-corrected chi connectivity index (χ1v) is 6.07. The molecule has 84 valence electrons. The molecule has 2 N–H and O–H groups in total. The van der Waals surface area contributed by atoms with E-state index in [0.29, 0.717) is 8.64 Å². The van der Waals surface area contributed by atoms with Crippen molar-refractivity contribution in [2.75, 3.05) is 13.1 Å². The van der Waals surface area contributed by atoms with Crippen LogP contribution in [-0.4, -0.2) is 44.8 Å². The van der Waals surface area contributed by atoms with E-state index in [0.717, 1.165) is 25.9 Å². The van der Waals surface area contributed by atoms with Gasteiger partial charge >= 0.3 is 23.1 Å². The third-order valence-electron chi connectivity index (χ3n) is 1.04. The van der Waals surface area contributed by atoms with Crippen LogP contribution in [-0.2, 0) is 25.3 Å². The van der Waals surface area contributed by atoms with E-state index in [1.165, 1.54) is 0 Å². The maximum Gasteiger partial charge on any atom is 2.00 e. The zero-order chi connectivity index (χ0) is 11.4. The Morgan fingerprint density at radius 1 is 0.933 bits per heavy atom. The summed E-state index contributed by atoms with van der Waals surface area (Å²) in [5, 5.41) is 5.68. The van der Waals surface area contributed by atoms with Crippen LogP contribution >= 0.6 is 24.4 Å². The van der Waals surface area contributed by atoms with E-state index in [4.69, 9.17) is 0 Å². The average molecular weight is 293 g/mol. The molecule has 0 unspecified atom stereocenters. The molecule has 0 aliphatic heterocycles. The summed E-state index contributed by atoms with van der Waals surface area (Å²) in [6, 6.07) is 0. The van der Waals surface area contributed by atoms with Gasteiger partial charge in [-0.15, -0.1) is 0 Å². The summed E-state index contributed by atoms with van der Waals surface area (Å²) in [6.07, 6.45) is 2.16. The molecule has 7 heteroatoms. The summed E-state index contributed by atoms with van der Waals surface area (Å²) < 4.78 is 0.948. The molecule has 0 aromatic heterocycles. The SMILES string of the molecule is CCCNC(=S)[S-].CCCNC(=S)[S-].[Mg+2]. The predicted octanol–water partition coefficient (Wildman–Crippen LogP) is 1.25. The van der Waals surface area contributed by atoms with Gasteiger partial charge in [0.25, 0.3) is 0 Å². The molecule has 0 bridgehead atoms. The molecule has 0 radical (unpaired) electrons. The van der Waals surface area contributed by atoms with Crippen molar-refractivity contribution in [3.05, 3.63) is 0 Å². The van der Waals surface area contributed by atoms with E-state index in [2.05, 4.69) is 74.2 Å². The summed E-state index contributed by atoms with van der Waals surface area (Å²) in [5.74, 6) is 0. The monoisotopic (exact) mass is 292 g/mol. The number of nitrogens with one attached hydrogen (secondary N) is 2. The van der Waals surface area contributed by atoms with Crippen molar-refractivity contribution in [1.29, 1.82) is 0 Å². The van der Waals surface area contributed by atoms with Gasteiger partial charge < -0.3 is 60.3 Å². The topological polar surface area (TPSA) is 24.1 Å².